The largest absolute Gasteiger partial charge is 0.376 e. The van der Waals surface area contributed by atoms with E-state index in [-0.39, 0.29) is 12.4 Å². The van der Waals surface area contributed by atoms with Gasteiger partial charge in [-0.3, -0.25) is 0 Å². The van der Waals surface area contributed by atoms with Gasteiger partial charge in [-0.2, -0.15) is 0 Å². The minimum Gasteiger partial charge on any atom is -0.376 e. The molecule has 0 aromatic heterocycles. The summed E-state index contributed by atoms with van der Waals surface area (Å²) in [6.45, 7) is 0.200. The molecule has 0 amide bonds. The molecule has 0 aliphatic carbocycles. The Morgan fingerprint density at radius 2 is 1.74 bits per heavy atom. The highest BCUT2D eigenvalue weighted by molar-refractivity contribution is 6.33. The second kappa shape index (κ2) is 6.24. The third kappa shape index (κ3) is 3.18. The zero-order valence-electron chi connectivity index (χ0n) is 10.0. The van der Waals surface area contributed by atoms with E-state index >= 15 is 0 Å². The Hall–Kier alpha value is -1.29. The van der Waals surface area contributed by atoms with Crippen LogP contribution in [0.4, 0.5) is 10.1 Å². The Labute approximate surface area is 121 Å². The van der Waals surface area contributed by atoms with Gasteiger partial charge in [-0.1, -0.05) is 41.4 Å². The quantitative estimate of drug-likeness (QED) is 0.886. The number of hydrogen-bond donors (Lipinski definition) is 2. The average Bonchev–Trinajstić information content (AvgIpc) is 2.39. The molecule has 0 spiro atoms. The van der Waals surface area contributed by atoms with Gasteiger partial charge in [0.1, 0.15) is 5.82 Å². The van der Waals surface area contributed by atoms with Crippen molar-refractivity contribution in [3.63, 3.8) is 0 Å². The molecule has 0 bridgehead atoms. The predicted molar refractivity (Wildman–Crippen MR) is 78.3 cm³/mol. The molecule has 2 aromatic rings. The summed E-state index contributed by atoms with van der Waals surface area (Å²) in [5, 5.41) is 4.01. The van der Waals surface area contributed by atoms with Crippen molar-refractivity contribution in [1.29, 1.82) is 0 Å². The lowest BCUT2D eigenvalue weighted by Crippen LogP contribution is -2.22. The first-order valence-electron chi connectivity index (χ1n) is 5.78. The summed E-state index contributed by atoms with van der Waals surface area (Å²) >= 11 is 12.1. The summed E-state index contributed by atoms with van der Waals surface area (Å²) in [5.74, 6) is -0.387. The summed E-state index contributed by atoms with van der Waals surface area (Å²) in [4.78, 5) is 0. The minimum atomic E-state index is -0.436. The van der Waals surface area contributed by atoms with Crippen LogP contribution < -0.4 is 11.1 Å². The molecule has 2 nitrogen and oxygen atoms in total. The smallest absolute Gasteiger partial charge is 0.130 e. The monoisotopic (exact) mass is 298 g/mol. The number of rotatable bonds is 4. The topological polar surface area (TPSA) is 38.0 Å². The lowest BCUT2D eigenvalue weighted by Gasteiger charge is -2.21. The molecule has 0 aliphatic rings. The molecule has 100 valence electrons. The average molecular weight is 299 g/mol. The Kier molecular flexibility index (Phi) is 4.64. The van der Waals surface area contributed by atoms with E-state index in [9.17, 15) is 4.39 Å². The first kappa shape index (κ1) is 14.1. The van der Waals surface area contributed by atoms with Crippen molar-refractivity contribution in [2.45, 2.75) is 6.04 Å². The van der Waals surface area contributed by atoms with Gasteiger partial charge in [0.25, 0.3) is 0 Å². The molecule has 1 unspecified atom stereocenters. The number of para-hydroxylation sites is 1. The maximum absolute atomic E-state index is 13.9. The number of benzene rings is 2. The van der Waals surface area contributed by atoms with Crippen molar-refractivity contribution in [3.05, 3.63) is 63.9 Å². The van der Waals surface area contributed by atoms with E-state index in [1.54, 1.807) is 24.3 Å². The molecule has 0 saturated heterocycles. The van der Waals surface area contributed by atoms with Crippen LogP contribution in [0.25, 0.3) is 0 Å². The lowest BCUT2D eigenvalue weighted by atomic mass is 10.1. The van der Waals surface area contributed by atoms with Gasteiger partial charge < -0.3 is 11.1 Å². The van der Waals surface area contributed by atoms with Gasteiger partial charge in [-0.15, -0.1) is 0 Å². The van der Waals surface area contributed by atoms with E-state index in [0.29, 0.717) is 21.3 Å². The van der Waals surface area contributed by atoms with Crippen molar-refractivity contribution in [3.8, 4) is 0 Å². The van der Waals surface area contributed by atoms with Gasteiger partial charge in [0.05, 0.1) is 16.8 Å². The third-order valence-corrected chi connectivity index (χ3v) is 3.45. The van der Waals surface area contributed by atoms with Crippen molar-refractivity contribution >= 4 is 28.9 Å². The standard InChI is InChI=1S/C14H13Cl2FN2/c15-9-4-1-2-7-12(9)19-13(8-18)14-10(16)5-3-6-11(14)17/h1-7,13,19H,8,18H2. The summed E-state index contributed by atoms with van der Waals surface area (Å²) in [6.07, 6.45) is 0. The van der Waals surface area contributed by atoms with E-state index in [2.05, 4.69) is 5.32 Å². The minimum absolute atomic E-state index is 0.200. The molecule has 0 radical (unpaired) electrons. The second-order valence-electron chi connectivity index (χ2n) is 4.05. The highest BCUT2D eigenvalue weighted by atomic mass is 35.5. The molecule has 2 aromatic carbocycles. The van der Waals surface area contributed by atoms with Crippen LogP contribution in [0.2, 0.25) is 10.0 Å². The third-order valence-electron chi connectivity index (χ3n) is 2.79. The molecule has 3 N–H and O–H groups in total. The Balaban J connectivity index is 2.34. The lowest BCUT2D eigenvalue weighted by molar-refractivity contribution is 0.593. The van der Waals surface area contributed by atoms with Gasteiger partial charge in [0.2, 0.25) is 0 Å². The molecule has 1 atom stereocenters. The second-order valence-corrected chi connectivity index (χ2v) is 4.86. The molecule has 0 fully saturated rings. The number of nitrogens with one attached hydrogen (secondary N) is 1. The van der Waals surface area contributed by atoms with E-state index in [0.717, 1.165) is 0 Å². The van der Waals surface area contributed by atoms with E-state index in [4.69, 9.17) is 28.9 Å². The Morgan fingerprint density at radius 3 is 2.37 bits per heavy atom. The van der Waals surface area contributed by atoms with Gasteiger partial charge in [-0.05, 0) is 24.3 Å². The summed E-state index contributed by atoms with van der Waals surface area (Å²) in [7, 11) is 0. The van der Waals surface area contributed by atoms with Crippen LogP contribution in [0.1, 0.15) is 11.6 Å². The van der Waals surface area contributed by atoms with Gasteiger partial charge in [0, 0.05) is 17.1 Å². The van der Waals surface area contributed by atoms with Crippen LogP contribution in [0, 0.1) is 5.82 Å². The first-order chi connectivity index (χ1) is 9.13. The van der Waals surface area contributed by atoms with E-state index in [1.165, 1.54) is 6.07 Å². The predicted octanol–water partition coefficient (Wildman–Crippen LogP) is 4.24. The van der Waals surface area contributed by atoms with E-state index in [1.807, 2.05) is 12.1 Å². The molecule has 0 saturated carbocycles. The highest BCUT2D eigenvalue weighted by Crippen LogP contribution is 2.30. The summed E-state index contributed by atoms with van der Waals surface area (Å²) < 4.78 is 13.9. The van der Waals surface area contributed by atoms with Crippen LogP contribution in [0.15, 0.2) is 42.5 Å². The normalized spacial score (nSPS) is 12.2. The molecule has 19 heavy (non-hydrogen) atoms. The number of anilines is 1. The maximum atomic E-state index is 13.9. The van der Waals surface area contributed by atoms with Crippen LogP contribution in [0.5, 0.6) is 0 Å². The van der Waals surface area contributed by atoms with Crippen LogP contribution in [-0.2, 0) is 0 Å². The number of hydrogen-bond acceptors (Lipinski definition) is 2. The number of nitrogens with two attached hydrogens (primary N) is 1. The first-order valence-corrected chi connectivity index (χ1v) is 6.54. The summed E-state index contributed by atoms with van der Waals surface area (Å²) in [5.41, 5.74) is 6.76. The highest BCUT2D eigenvalue weighted by Gasteiger charge is 2.18. The molecule has 5 heteroatoms. The van der Waals surface area contributed by atoms with E-state index < -0.39 is 6.04 Å². The molecular formula is C14H13Cl2FN2. The zero-order chi connectivity index (χ0) is 13.8. The molecule has 0 heterocycles. The fraction of sp³-hybridized carbons (Fsp3) is 0.143. The van der Waals surface area contributed by atoms with Crippen molar-refractivity contribution in [2.24, 2.45) is 5.73 Å². The Bertz CT molecular complexity index is 555. The van der Waals surface area contributed by atoms with Gasteiger partial charge >= 0.3 is 0 Å². The fourth-order valence-electron chi connectivity index (χ4n) is 1.86. The van der Waals surface area contributed by atoms with Crippen LogP contribution >= 0.6 is 23.2 Å². The van der Waals surface area contributed by atoms with Gasteiger partial charge in [-0.25, -0.2) is 4.39 Å². The molecule has 2 rings (SSSR count). The van der Waals surface area contributed by atoms with Crippen LogP contribution in [0.3, 0.4) is 0 Å². The number of halogens is 3. The van der Waals surface area contributed by atoms with Crippen molar-refractivity contribution < 1.29 is 4.39 Å². The fourth-order valence-corrected chi connectivity index (χ4v) is 2.34. The zero-order valence-corrected chi connectivity index (χ0v) is 11.5. The van der Waals surface area contributed by atoms with Crippen LogP contribution in [-0.4, -0.2) is 6.54 Å². The van der Waals surface area contributed by atoms with Gasteiger partial charge in [0.15, 0.2) is 0 Å². The van der Waals surface area contributed by atoms with Crippen molar-refractivity contribution in [1.82, 2.24) is 0 Å². The Morgan fingerprint density at radius 1 is 1.05 bits per heavy atom. The maximum Gasteiger partial charge on any atom is 0.130 e. The summed E-state index contributed by atoms with van der Waals surface area (Å²) in [6, 6.07) is 11.3. The molecule has 0 aliphatic heterocycles. The van der Waals surface area contributed by atoms with Crippen molar-refractivity contribution in [2.75, 3.05) is 11.9 Å². The molecular weight excluding hydrogens is 286 g/mol. The SMILES string of the molecule is NCC(Nc1ccccc1Cl)c1c(F)cccc1Cl.